The van der Waals surface area contributed by atoms with Gasteiger partial charge in [-0.15, -0.1) is 0 Å². The number of esters is 1. The number of carbonyl (C=O) groups is 2. The van der Waals surface area contributed by atoms with Gasteiger partial charge >= 0.3 is 5.97 Å². The molecule has 2 heterocycles. The second kappa shape index (κ2) is 7.05. The Kier molecular flexibility index (Phi) is 4.85. The molecule has 24 heavy (non-hydrogen) atoms. The van der Waals surface area contributed by atoms with E-state index in [4.69, 9.17) is 4.42 Å². The number of nitrogens with zero attached hydrogens (tertiary/aromatic N) is 2. The van der Waals surface area contributed by atoms with Crippen LogP contribution in [0.25, 0.3) is 11.0 Å². The van der Waals surface area contributed by atoms with Crippen LogP contribution in [0.4, 0.5) is 0 Å². The molecule has 0 radical (unpaired) electrons. The molecule has 3 rings (SSSR count). The first-order valence-electron chi connectivity index (χ1n) is 8.16. The van der Waals surface area contributed by atoms with Gasteiger partial charge in [0.05, 0.1) is 19.1 Å². The zero-order chi connectivity index (χ0) is 17.1. The van der Waals surface area contributed by atoms with Gasteiger partial charge in [0.15, 0.2) is 0 Å². The molecule has 1 fully saturated rings. The van der Waals surface area contributed by atoms with Crippen molar-refractivity contribution in [2.45, 2.75) is 19.4 Å². The first-order chi connectivity index (χ1) is 11.6. The Morgan fingerprint density at radius 1 is 1.29 bits per heavy atom. The van der Waals surface area contributed by atoms with E-state index in [1.165, 1.54) is 7.11 Å². The zero-order valence-corrected chi connectivity index (χ0v) is 14.0. The van der Waals surface area contributed by atoms with Crippen molar-refractivity contribution >= 4 is 22.8 Å². The average Bonchev–Trinajstić information content (AvgIpc) is 3.03. The SMILES string of the molecule is COC(=O)CCN1CCN(C(=O)c2coc3ccccc23)C(C)C1. The Labute approximate surface area is 141 Å². The lowest BCUT2D eigenvalue weighted by molar-refractivity contribution is -0.141. The summed E-state index contributed by atoms with van der Waals surface area (Å²) >= 11 is 0. The molecular weight excluding hydrogens is 308 g/mol. The van der Waals surface area contributed by atoms with Crippen LogP contribution in [0.15, 0.2) is 34.9 Å². The zero-order valence-electron chi connectivity index (χ0n) is 14.0. The van der Waals surface area contributed by atoms with Gasteiger partial charge in [-0.2, -0.15) is 0 Å². The molecule has 0 spiro atoms. The van der Waals surface area contributed by atoms with Gasteiger partial charge in [-0.25, -0.2) is 0 Å². The molecule has 0 bridgehead atoms. The Morgan fingerprint density at radius 3 is 2.83 bits per heavy atom. The highest BCUT2D eigenvalue weighted by atomic mass is 16.5. The van der Waals surface area contributed by atoms with Crippen molar-refractivity contribution in [3.8, 4) is 0 Å². The van der Waals surface area contributed by atoms with Gasteiger partial charge in [0.25, 0.3) is 5.91 Å². The number of methoxy groups -OCH3 is 1. The minimum atomic E-state index is -0.203. The number of para-hydroxylation sites is 1. The molecular formula is C18H22N2O4. The molecule has 1 aliphatic rings. The number of carbonyl (C=O) groups excluding carboxylic acids is 2. The van der Waals surface area contributed by atoms with E-state index >= 15 is 0 Å². The summed E-state index contributed by atoms with van der Waals surface area (Å²) in [6, 6.07) is 7.65. The molecule has 1 aromatic heterocycles. The number of ether oxygens (including phenoxy) is 1. The Morgan fingerprint density at radius 2 is 2.08 bits per heavy atom. The van der Waals surface area contributed by atoms with Crippen LogP contribution in [0.5, 0.6) is 0 Å². The van der Waals surface area contributed by atoms with E-state index in [1.54, 1.807) is 6.26 Å². The van der Waals surface area contributed by atoms with E-state index in [1.807, 2.05) is 36.1 Å². The maximum atomic E-state index is 12.9. The van der Waals surface area contributed by atoms with E-state index in [2.05, 4.69) is 9.64 Å². The summed E-state index contributed by atoms with van der Waals surface area (Å²) in [5.41, 5.74) is 1.34. The highest BCUT2D eigenvalue weighted by Crippen LogP contribution is 2.23. The number of fused-ring (bicyclic) bond motifs is 1. The molecule has 1 saturated heterocycles. The summed E-state index contributed by atoms with van der Waals surface area (Å²) in [4.78, 5) is 28.2. The number of piperazine rings is 1. The molecule has 128 valence electrons. The fraction of sp³-hybridized carbons (Fsp3) is 0.444. The van der Waals surface area contributed by atoms with Gasteiger partial charge < -0.3 is 14.1 Å². The highest BCUT2D eigenvalue weighted by Gasteiger charge is 2.29. The number of benzene rings is 1. The largest absolute Gasteiger partial charge is 0.469 e. The Bertz CT molecular complexity index is 739. The van der Waals surface area contributed by atoms with E-state index < -0.39 is 0 Å². The van der Waals surface area contributed by atoms with Crippen molar-refractivity contribution < 1.29 is 18.7 Å². The lowest BCUT2D eigenvalue weighted by Gasteiger charge is -2.39. The number of hydrogen-bond donors (Lipinski definition) is 0. The minimum Gasteiger partial charge on any atom is -0.469 e. The molecule has 6 nitrogen and oxygen atoms in total. The monoisotopic (exact) mass is 330 g/mol. The second-order valence-electron chi connectivity index (χ2n) is 6.12. The standard InChI is InChI=1S/C18H22N2O4/c1-13-11-19(8-7-17(21)23-2)9-10-20(13)18(22)15-12-24-16-6-4-3-5-14(15)16/h3-6,12-13H,7-11H2,1-2H3. The predicted molar refractivity (Wildman–Crippen MR) is 89.8 cm³/mol. The summed E-state index contributed by atoms with van der Waals surface area (Å²) < 4.78 is 10.2. The first kappa shape index (κ1) is 16.5. The lowest BCUT2D eigenvalue weighted by Crippen LogP contribution is -2.54. The summed E-state index contributed by atoms with van der Waals surface area (Å²) in [5, 5.41) is 0.850. The van der Waals surface area contributed by atoms with Gasteiger partial charge in [0.1, 0.15) is 11.8 Å². The maximum absolute atomic E-state index is 12.9. The van der Waals surface area contributed by atoms with Gasteiger partial charge in [-0.05, 0) is 13.0 Å². The smallest absolute Gasteiger partial charge is 0.306 e. The van der Waals surface area contributed by atoms with Crippen LogP contribution in [-0.4, -0.2) is 61.0 Å². The normalized spacial score (nSPS) is 18.8. The van der Waals surface area contributed by atoms with Crippen molar-refractivity contribution in [3.63, 3.8) is 0 Å². The molecule has 6 heteroatoms. The lowest BCUT2D eigenvalue weighted by atomic mass is 10.1. The van der Waals surface area contributed by atoms with Crippen LogP contribution in [0, 0.1) is 0 Å². The van der Waals surface area contributed by atoms with Gasteiger partial charge in [0, 0.05) is 37.6 Å². The quantitative estimate of drug-likeness (QED) is 0.804. The van der Waals surface area contributed by atoms with Crippen LogP contribution in [-0.2, 0) is 9.53 Å². The summed E-state index contributed by atoms with van der Waals surface area (Å²) in [7, 11) is 1.40. The van der Waals surface area contributed by atoms with Gasteiger partial charge in [-0.1, -0.05) is 18.2 Å². The third-order valence-corrected chi connectivity index (χ3v) is 4.54. The van der Waals surface area contributed by atoms with E-state index in [-0.39, 0.29) is 17.9 Å². The Balaban J connectivity index is 1.66. The number of amides is 1. The number of rotatable bonds is 4. The Hall–Kier alpha value is -2.34. The molecule has 1 aromatic carbocycles. The molecule has 1 unspecified atom stereocenters. The number of hydrogen-bond acceptors (Lipinski definition) is 5. The van der Waals surface area contributed by atoms with Crippen molar-refractivity contribution in [1.29, 1.82) is 0 Å². The summed E-state index contributed by atoms with van der Waals surface area (Å²) in [5.74, 6) is -0.203. The first-order valence-corrected chi connectivity index (χ1v) is 8.16. The average molecular weight is 330 g/mol. The summed E-state index contributed by atoms with van der Waals surface area (Å²) in [6.45, 7) is 4.83. The van der Waals surface area contributed by atoms with Crippen LogP contribution in [0.3, 0.4) is 0 Å². The molecule has 2 aromatic rings. The number of furan rings is 1. The van der Waals surface area contributed by atoms with Crippen molar-refractivity contribution in [3.05, 3.63) is 36.1 Å². The molecule has 1 aliphatic heterocycles. The molecule has 1 amide bonds. The maximum Gasteiger partial charge on any atom is 0.306 e. The molecule has 0 N–H and O–H groups in total. The van der Waals surface area contributed by atoms with Crippen LogP contribution >= 0.6 is 0 Å². The topological polar surface area (TPSA) is 63.0 Å². The van der Waals surface area contributed by atoms with Gasteiger partial charge in [0.2, 0.25) is 0 Å². The van der Waals surface area contributed by atoms with Crippen molar-refractivity contribution in [2.24, 2.45) is 0 Å². The van der Waals surface area contributed by atoms with E-state index in [9.17, 15) is 9.59 Å². The fourth-order valence-electron chi connectivity index (χ4n) is 3.19. The van der Waals surface area contributed by atoms with Crippen LogP contribution in [0.1, 0.15) is 23.7 Å². The molecule has 1 atom stereocenters. The van der Waals surface area contributed by atoms with Crippen molar-refractivity contribution in [2.75, 3.05) is 33.3 Å². The molecule has 0 saturated carbocycles. The predicted octanol–water partition coefficient (Wildman–Crippen LogP) is 2.14. The van der Waals surface area contributed by atoms with E-state index in [0.29, 0.717) is 25.1 Å². The third-order valence-electron chi connectivity index (χ3n) is 4.54. The van der Waals surface area contributed by atoms with Crippen LogP contribution in [0.2, 0.25) is 0 Å². The van der Waals surface area contributed by atoms with Crippen molar-refractivity contribution in [1.82, 2.24) is 9.80 Å². The van der Waals surface area contributed by atoms with Gasteiger partial charge in [-0.3, -0.25) is 14.5 Å². The minimum absolute atomic E-state index is 0.0000629. The second-order valence-corrected chi connectivity index (χ2v) is 6.12. The third kappa shape index (κ3) is 3.28. The highest BCUT2D eigenvalue weighted by molar-refractivity contribution is 6.06. The van der Waals surface area contributed by atoms with E-state index in [0.717, 1.165) is 24.1 Å². The van der Waals surface area contributed by atoms with Crippen LogP contribution < -0.4 is 0 Å². The summed E-state index contributed by atoms with van der Waals surface area (Å²) in [6.07, 6.45) is 1.92. The molecule has 0 aliphatic carbocycles. The fourth-order valence-corrected chi connectivity index (χ4v) is 3.19.